The Hall–Kier alpha value is -1.51. The molecule has 19 heavy (non-hydrogen) atoms. The zero-order valence-corrected chi connectivity index (χ0v) is 12.3. The lowest BCUT2D eigenvalue weighted by atomic mass is 9.91. The lowest BCUT2D eigenvalue weighted by Crippen LogP contribution is -2.23. The molecule has 1 aliphatic carbocycles. The summed E-state index contributed by atoms with van der Waals surface area (Å²) in [5.41, 5.74) is 2.16. The van der Waals surface area contributed by atoms with Crippen LogP contribution in [0.1, 0.15) is 44.0 Å². The summed E-state index contributed by atoms with van der Waals surface area (Å²) < 4.78 is 0. The third kappa shape index (κ3) is 3.28. The molecular formula is C16H24N2O. The van der Waals surface area contributed by atoms with Crippen molar-refractivity contribution in [2.75, 3.05) is 12.4 Å². The van der Waals surface area contributed by atoms with Crippen LogP contribution in [0.25, 0.3) is 0 Å². The van der Waals surface area contributed by atoms with Crippen molar-refractivity contribution in [3.05, 3.63) is 29.8 Å². The Morgan fingerprint density at radius 2 is 2.05 bits per heavy atom. The van der Waals surface area contributed by atoms with Gasteiger partial charge in [-0.2, -0.15) is 0 Å². The molecule has 3 nitrogen and oxygen atoms in total. The molecule has 2 atom stereocenters. The normalized spacial score (nSPS) is 25.1. The Labute approximate surface area is 115 Å². The van der Waals surface area contributed by atoms with E-state index in [1.807, 2.05) is 24.3 Å². The van der Waals surface area contributed by atoms with E-state index in [4.69, 9.17) is 0 Å². The molecule has 2 unspecified atom stereocenters. The van der Waals surface area contributed by atoms with Crippen molar-refractivity contribution in [1.82, 2.24) is 5.32 Å². The first-order chi connectivity index (χ1) is 8.91. The molecular weight excluding hydrogens is 236 g/mol. The van der Waals surface area contributed by atoms with Gasteiger partial charge in [0.15, 0.2) is 0 Å². The topological polar surface area (TPSA) is 41.1 Å². The van der Waals surface area contributed by atoms with Gasteiger partial charge in [0.25, 0.3) is 5.91 Å². The quantitative estimate of drug-likeness (QED) is 0.875. The van der Waals surface area contributed by atoms with Crippen LogP contribution in [0.2, 0.25) is 0 Å². The minimum atomic E-state index is -0.0385. The van der Waals surface area contributed by atoms with E-state index in [9.17, 15) is 4.79 Å². The Morgan fingerprint density at radius 1 is 1.32 bits per heavy atom. The molecule has 1 aromatic carbocycles. The summed E-state index contributed by atoms with van der Waals surface area (Å²) >= 11 is 0. The van der Waals surface area contributed by atoms with E-state index >= 15 is 0 Å². The van der Waals surface area contributed by atoms with E-state index in [0.29, 0.717) is 22.9 Å². The van der Waals surface area contributed by atoms with Crippen LogP contribution in [-0.4, -0.2) is 19.0 Å². The number of hydrogen-bond acceptors (Lipinski definition) is 2. The summed E-state index contributed by atoms with van der Waals surface area (Å²) in [5.74, 6) is 0.627. The Morgan fingerprint density at radius 3 is 2.63 bits per heavy atom. The highest BCUT2D eigenvalue weighted by Gasteiger charge is 2.36. The van der Waals surface area contributed by atoms with Crippen molar-refractivity contribution < 1.29 is 4.79 Å². The van der Waals surface area contributed by atoms with Gasteiger partial charge >= 0.3 is 0 Å². The molecule has 1 amide bonds. The van der Waals surface area contributed by atoms with Crippen molar-refractivity contribution in [3.63, 3.8) is 0 Å². The fraction of sp³-hybridized carbons (Fsp3) is 0.562. The van der Waals surface area contributed by atoms with Crippen molar-refractivity contribution in [1.29, 1.82) is 0 Å². The molecule has 104 valence electrons. The zero-order chi connectivity index (χ0) is 14.0. The smallest absolute Gasteiger partial charge is 0.251 e. The molecule has 0 aliphatic heterocycles. The van der Waals surface area contributed by atoms with Crippen LogP contribution in [0, 0.1) is 11.3 Å². The van der Waals surface area contributed by atoms with Gasteiger partial charge in [-0.25, -0.2) is 0 Å². The van der Waals surface area contributed by atoms with Crippen LogP contribution in [0.4, 0.5) is 5.69 Å². The highest BCUT2D eigenvalue weighted by atomic mass is 16.1. The molecule has 2 rings (SSSR count). The minimum Gasteiger partial charge on any atom is -0.382 e. The summed E-state index contributed by atoms with van der Waals surface area (Å²) in [5, 5.41) is 6.24. The molecule has 2 N–H and O–H groups in total. The summed E-state index contributed by atoms with van der Waals surface area (Å²) in [6.07, 6.45) is 2.43. The number of amides is 1. The molecule has 0 heterocycles. The second kappa shape index (κ2) is 5.24. The molecule has 1 fully saturated rings. The van der Waals surface area contributed by atoms with Gasteiger partial charge in [-0.3, -0.25) is 4.79 Å². The lowest BCUT2D eigenvalue weighted by molar-refractivity contribution is 0.0963. The zero-order valence-electron chi connectivity index (χ0n) is 12.3. The van der Waals surface area contributed by atoms with Crippen molar-refractivity contribution in [2.24, 2.45) is 11.3 Å². The molecule has 0 aromatic heterocycles. The number of carbonyl (C=O) groups excluding carboxylic acids is 1. The van der Waals surface area contributed by atoms with Gasteiger partial charge in [-0.05, 0) is 42.4 Å². The predicted octanol–water partition coefficient (Wildman–Crippen LogP) is 3.28. The average Bonchev–Trinajstić information content (AvgIpc) is 2.61. The van der Waals surface area contributed by atoms with Crippen molar-refractivity contribution in [2.45, 2.75) is 39.7 Å². The third-order valence-electron chi connectivity index (χ3n) is 4.04. The molecule has 0 bridgehead atoms. The number of hydrogen-bond donors (Lipinski definition) is 2. The summed E-state index contributed by atoms with van der Waals surface area (Å²) in [7, 11) is 1.66. The molecule has 1 aromatic rings. The second-order valence-corrected chi connectivity index (χ2v) is 6.46. The third-order valence-corrected chi connectivity index (χ3v) is 4.04. The number of carbonyl (C=O) groups is 1. The molecule has 0 saturated heterocycles. The summed E-state index contributed by atoms with van der Waals surface area (Å²) in [6, 6.07) is 8.22. The van der Waals surface area contributed by atoms with Crippen LogP contribution in [-0.2, 0) is 0 Å². The SMILES string of the molecule is CNC(=O)c1cccc(NC2CC(C)(C)CC2C)c1. The summed E-state index contributed by atoms with van der Waals surface area (Å²) in [4.78, 5) is 11.6. The molecule has 3 heteroatoms. The van der Waals surface area contributed by atoms with Crippen molar-refractivity contribution in [3.8, 4) is 0 Å². The van der Waals surface area contributed by atoms with Crippen LogP contribution in [0.15, 0.2) is 24.3 Å². The molecule has 1 saturated carbocycles. The first kappa shape index (κ1) is 13.9. The Bertz CT molecular complexity index is 468. The van der Waals surface area contributed by atoms with Crippen molar-refractivity contribution >= 4 is 11.6 Å². The first-order valence-electron chi connectivity index (χ1n) is 7.00. The van der Waals surface area contributed by atoms with Gasteiger partial charge in [-0.15, -0.1) is 0 Å². The van der Waals surface area contributed by atoms with Gasteiger partial charge < -0.3 is 10.6 Å². The molecule has 0 radical (unpaired) electrons. The fourth-order valence-electron chi connectivity index (χ4n) is 3.20. The second-order valence-electron chi connectivity index (χ2n) is 6.46. The predicted molar refractivity (Wildman–Crippen MR) is 79.4 cm³/mol. The number of benzene rings is 1. The van der Waals surface area contributed by atoms with Gasteiger partial charge in [0.1, 0.15) is 0 Å². The van der Waals surface area contributed by atoms with Gasteiger partial charge in [0.05, 0.1) is 0 Å². The number of rotatable bonds is 3. The minimum absolute atomic E-state index is 0.0385. The molecule has 0 spiro atoms. The number of anilines is 1. The number of nitrogens with one attached hydrogen (secondary N) is 2. The van der Waals surface area contributed by atoms with Crippen LogP contribution < -0.4 is 10.6 Å². The largest absolute Gasteiger partial charge is 0.382 e. The highest BCUT2D eigenvalue weighted by molar-refractivity contribution is 5.94. The van der Waals surface area contributed by atoms with E-state index in [1.165, 1.54) is 12.8 Å². The van der Waals surface area contributed by atoms with Crippen LogP contribution in [0.5, 0.6) is 0 Å². The van der Waals surface area contributed by atoms with Gasteiger partial charge in [0, 0.05) is 24.3 Å². The maximum absolute atomic E-state index is 11.6. The highest BCUT2D eigenvalue weighted by Crippen LogP contribution is 2.42. The van der Waals surface area contributed by atoms with Crippen LogP contribution >= 0.6 is 0 Å². The Balaban J connectivity index is 2.10. The standard InChI is InChI=1S/C16H24N2O/c1-11-9-16(2,3)10-14(11)18-13-7-5-6-12(8-13)15(19)17-4/h5-8,11,14,18H,9-10H2,1-4H3,(H,17,19). The van der Waals surface area contributed by atoms with Gasteiger partial charge in [0.2, 0.25) is 0 Å². The van der Waals surface area contributed by atoms with E-state index < -0.39 is 0 Å². The van der Waals surface area contributed by atoms with Gasteiger partial charge in [-0.1, -0.05) is 26.8 Å². The Kier molecular flexibility index (Phi) is 3.83. The average molecular weight is 260 g/mol. The van der Waals surface area contributed by atoms with E-state index in [-0.39, 0.29) is 5.91 Å². The monoisotopic (exact) mass is 260 g/mol. The van der Waals surface area contributed by atoms with E-state index in [0.717, 1.165) is 5.69 Å². The maximum atomic E-state index is 11.6. The molecule has 1 aliphatic rings. The van der Waals surface area contributed by atoms with E-state index in [2.05, 4.69) is 31.4 Å². The summed E-state index contributed by atoms with van der Waals surface area (Å²) in [6.45, 7) is 6.95. The van der Waals surface area contributed by atoms with Crippen LogP contribution in [0.3, 0.4) is 0 Å². The fourth-order valence-corrected chi connectivity index (χ4v) is 3.20. The maximum Gasteiger partial charge on any atom is 0.251 e. The van der Waals surface area contributed by atoms with E-state index in [1.54, 1.807) is 7.05 Å². The first-order valence-corrected chi connectivity index (χ1v) is 7.00. The lowest BCUT2D eigenvalue weighted by Gasteiger charge is -2.20.